The first-order valence-corrected chi connectivity index (χ1v) is 5.99. The number of hydrogen-bond acceptors (Lipinski definition) is 4. The lowest BCUT2D eigenvalue weighted by Crippen LogP contribution is -2.43. The van der Waals surface area contributed by atoms with Crippen LogP contribution in [0.1, 0.15) is 11.5 Å². The summed E-state index contributed by atoms with van der Waals surface area (Å²) in [6.45, 7) is 0.779. The molecule has 0 aromatic heterocycles. The maximum Gasteiger partial charge on any atom is 0.229 e. The number of anilines is 1. The molecule has 5 nitrogen and oxygen atoms in total. The van der Waals surface area contributed by atoms with Crippen molar-refractivity contribution in [2.45, 2.75) is 12.0 Å². The van der Waals surface area contributed by atoms with E-state index in [4.69, 9.17) is 9.84 Å². The summed E-state index contributed by atoms with van der Waals surface area (Å²) in [6, 6.07) is 7.42. The summed E-state index contributed by atoms with van der Waals surface area (Å²) in [4.78, 5) is 12.1. The number of rotatable bonds is 5. The first-order valence-electron chi connectivity index (χ1n) is 5.99. The van der Waals surface area contributed by atoms with Crippen molar-refractivity contribution in [1.82, 2.24) is 5.32 Å². The zero-order chi connectivity index (χ0) is 13.0. The van der Waals surface area contributed by atoms with E-state index in [0.29, 0.717) is 13.2 Å². The van der Waals surface area contributed by atoms with Crippen LogP contribution < -0.4 is 10.6 Å². The molecule has 0 radical (unpaired) electrons. The second-order valence-electron chi connectivity index (χ2n) is 4.36. The van der Waals surface area contributed by atoms with Crippen molar-refractivity contribution >= 4 is 11.6 Å². The van der Waals surface area contributed by atoms with Crippen molar-refractivity contribution in [1.29, 1.82) is 0 Å². The van der Waals surface area contributed by atoms with Crippen molar-refractivity contribution in [2.24, 2.45) is 0 Å². The third kappa shape index (κ3) is 2.63. The van der Waals surface area contributed by atoms with Gasteiger partial charge in [0.25, 0.3) is 0 Å². The lowest BCUT2D eigenvalue weighted by Gasteiger charge is -2.18. The van der Waals surface area contributed by atoms with Gasteiger partial charge in [0.1, 0.15) is 0 Å². The molecule has 0 saturated heterocycles. The highest BCUT2D eigenvalue weighted by atomic mass is 16.5. The molecule has 1 aromatic carbocycles. The van der Waals surface area contributed by atoms with Crippen LogP contribution in [0, 0.1) is 0 Å². The van der Waals surface area contributed by atoms with E-state index in [1.165, 1.54) is 0 Å². The van der Waals surface area contributed by atoms with Crippen molar-refractivity contribution in [2.75, 3.05) is 32.2 Å². The van der Waals surface area contributed by atoms with Gasteiger partial charge >= 0.3 is 0 Å². The van der Waals surface area contributed by atoms with Gasteiger partial charge in [-0.1, -0.05) is 18.2 Å². The van der Waals surface area contributed by atoms with Gasteiger partial charge in [0.05, 0.1) is 25.2 Å². The molecule has 1 aliphatic rings. The van der Waals surface area contributed by atoms with E-state index >= 15 is 0 Å². The van der Waals surface area contributed by atoms with Crippen molar-refractivity contribution < 1.29 is 14.6 Å². The number of methoxy groups -OCH3 is 1. The molecular formula is C13H18N2O3. The molecule has 0 aliphatic carbocycles. The average molecular weight is 250 g/mol. The van der Waals surface area contributed by atoms with E-state index in [1.807, 2.05) is 24.3 Å². The van der Waals surface area contributed by atoms with Gasteiger partial charge in [0, 0.05) is 19.3 Å². The van der Waals surface area contributed by atoms with Crippen molar-refractivity contribution in [3.05, 3.63) is 29.8 Å². The van der Waals surface area contributed by atoms with E-state index in [9.17, 15) is 4.79 Å². The third-order valence-electron chi connectivity index (χ3n) is 3.08. The second kappa shape index (κ2) is 5.84. The Balaban J connectivity index is 2.03. The topological polar surface area (TPSA) is 70.6 Å². The lowest BCUT2D eigenvalue weighted by molar-refractivity contribution is -0.123. The smallest absolute Gasteiger partial charge is 0.229 e. The number of hydrogen-bond donors (Lipinski definition) is 3. The second-order valence-corrected chi connectivity index (χ2v) is 4.36. The van der Waals surface area contributed by atoms with Gasteiger partial charge < -0.3 is 20.5 Å². The summed E-state index contributed by atoms with van der Waals surface area (Å²) in [6.07, 6.45) is 0. The first kappa shape index (κ1) is 12.9. The SMILES string of the molecule is COCC(CO)NC(=O)C1CNc2ccccc21. The highest BCUT2D eigenvalue weighted by molar-refractivity contribution is 5.88. The minimum Gasteiger partial charge on any atom is -0.394 e. The van der Waals surface area contributed by atoms with E-state index < -0.39 is 0 Å². The summed E-state index contributed by atoms with van der Waals surface area (Å²) >= 11 is 0. The van der Waals surface area contributed by atoms with Gasteiger partial charge in [-0.05, 0) is 11.6 Å². The van der Waals surface area contributed by atoms with Gasteiger partial charge in [-0.25, -0.2) is 0 Å². The molecule has 5 heteroatoms. The Morgan fingerprint density at radius 2 is 2.39 bits per heavy atom. The quantitative estimate of drug-likeness (QED) is 0.704. The van der Waals surface area contributed by atoms with Crippen LogP contribution in [0.25, 0.3) is 0 Å². The molecule has 18 heavy (non-hydrogen) atoms. The number of carbonyl (C=O) groups is 1. The molecule has 2 unspecified atom stereocenters. The van der Waals surface area contributed by atoms with E-state index in [0.717, 1.165) is 11.3 Å². The number of ether oxygens (including phenoxy) is 1. The van der Waals surface area contributed by atoms with Crippen molar-refractivity contribution in [3.8, 4) is 0 Å². The molecule has 0 spiro atoms. The number of benzene rings is 1. The molecule has 1 aliphatic heterocycles. The molecule has 3 N–H and O–H groups in total. The fourth-order valence-electron chi connectivity index (χ4n) is 2.16. The summed E-state index contributed by atoms with van der Waals surface area (Å²) in [5.41, 5.74) is 2.01. The Labute approximate surface area is 106 Å². The minimum atomic E-state index is -0.352. The molecule has 0 saturated carbocycles. The number of aliphatic hydroxyl groups excluding tert-OH is 1. The maximum absolute atomic E-state index is 12.1. The Hall–Kier alpha value is -1.59. The minimum absolute atomic E-state index is 0.0800. The number of aliphatic hydroxyl groups is 1. The van der Waals surface area contributed by atoms with Crippen LogP contribution in [-0.2, 0) is 9.53 Å². The largest absolute Gasteiger partial charge is 0.394 e. The zero-order valence-corrected chi connectivity index (χ0v) is 10.3. The molecule has 1 heterocycles. The maximum atomic E-state index is 12.1. The fourth-order valence-corrected chi connectivity index (χ4v) is 2.16. The van der Waals surface area contributed by atoms with Crippen LogP contribution in [-0.4, -0.2) is 43.9 Å². The summed E-state index contributed by atoms with van der Waals surface area (Å²) in [7, 11) is 1.54. The van der Waals surface area contributed by atoms with Gasteiger partial charge in [-0.15, -0.1) is 0 Å². The Morgan fingerprint density at radius 1 is 1.61 bits per heavy atom. The van der Waals surface area contributed by atoms with Gasteiger partial charge in [0.15, 0.2) is 0 Å². The molecule has 2 rings (SSSR count). The van der Waals surface area contributed by atoms with E-state index in [-0.39, 0.29) is 24.5 Å². The molecule has 98 valence electrons. The fraction of sp³-hybridized carbons (Fsp3) is 0.462. The third-order valence-corrected chi connectivity index (χ3v) is 3.08. The molecule has 1 aromatic rings. The van der Waals surface area contributed by atoms with Gasteiger partial charge in [0.2, 0.25) is 5.91 Å². The molecule has 2 atom stereocenters. The molecule has 1 amide bonds. The first-order chi connectivity index (χ1) is 8.76. The standard InChI is InChI=1S/C13H18N2O3/c1-18-8-9(7-16)15-13(17)11-6-14-12-5-3-2-4-10(11)12/h2-5,9,11,14,16H,6-8H2,1H3,(H,15,17). The van der Waals surface area contributed by atoms with Gasteiger partial charge in [-0.3, -0.25) is 4.79 Å². The Kier molecular flexibility index (Phi) is 4.17. The summed E-state index contributed by atoms with van der Waals surface area (Å²) in [5.74, 6) is -0.282. The van der Waals surface area contributed by atoms with E-state index in [2.05, 4.69) is 10.6 Å². The Bertz CT molecular complexity index is 422. The zero-order valence-electron chi connectivity index (χ0n) is 10.3. The summed E-state index contributed by atoms with van der Waals surface area (Å²) in [5, 5.41) is 15.1. The molecule has 0 fully saturated rings. The highest BCUT2D eigenvalue weighted by Gasteiger charge is 2.29. The normalized spacial score (nSPS) is 18.9. The van der Waals surface area contributed by atoms with Crippen LogP contribution in [0.4, 0.5) is 5.69 Å². The Morgan fingerprint density at radius 3 is 3.11 bits per heavy atom. The average Bonchev–Trinajstić information content (AvgIpc) is 2.82. The van der Waals surface area contributed by atoms with Crippen LogP contribution in [0.3, 0.4) is 0 Å². The number of fused-ring (bicyclic) bond motifs is 1. The van der Waals surface area contributed by atoms with Gasteiger partial charge in [-0.2, -0.15) is 0 Å². The highest BCUT2D eigenvalue weighted by Crippen LogP contribution is 2.30. The number of carbonyl (C=O) groups excluding carboxylic acids is 1. The number of amides is 1. The monoisotopic (exact) mass is 250 g/mol. The summed E-state index contributed by atoms with van der Waals surface area (Å²) < 4.78 is 4.94. The predicted molar refractivity (Wildman–Crippen MR) is 68.6 cm³/mol. The molecule has 0 bridgehead atoms. The number of nitrogens with one attached hydrogen (secondary N) is 2. The van der Waals surface area contributed by atoms with Crippen LogP contribution in [0.2, 0.25) is 0 Å². The lowest BCUT2D eigenvalue weighted by atomic mass is 10.0. The van der Waals surface area contributed by atoms with Crippen LogP contribution in [0.5, 0.6) is 0 Å². The van der Waals surface area contributed by atoms with E-state index in [1.54, 1.807) is 7.11 Å². The van der Waals surface area contributed by atoms with Crippen LogP contribution >= 0.6 is 0 Å². The van der Waals surface area contributed by atoms with Crippen LogP contribution in [0.15, 0.2) is 24.3 Å². The van der Waals surface area contributed by atoms with Crippen molar-refractivity contribution in [3.63, 3.8) is 0 Å². The number of para-hydroxylation sites is 1. The predicted octanol–water partition coefficient (Wildman–Crippen LogP) is 0.319. The molecular weight excluding hydrogens is 232 g/mol.